The van der Waals surface area contributed by atoms with Crippen LogP contribution >= 0.6 is 11.6 Å². The maximum atomic E-state index is 12.1. The Balaban J connectivity index is 1.72. The highest BCUT2D eigenvalue weighted by molar-refractivity contribution is 6.33. The van der Waals surface area contributed by atoms with Crippen LogP contribution in [-0.2, 0) is 4.79 Å². The molecule has 0 amide bonds. The van der Waals surface area contributed by atoms with Crippen LogP contribution in [0.5, 0.6) is 0 Å². The zero-order valence-corrected chi connectivity index (χ0v) is 15.6. The molecule has 0 spiro atoms. The van der Waals surface area contributed by atoms with Gasteiger partial charge in [-0.05, 0) is 73.7 Å². The molecule has 132 valence electrons. The minimum Gasteiger partial charge on any atom is -0.390 e. The van der Waals surface area contributed by atoms with Crippen molar-refractivity contribution in [1.29, 1.82) is 0 Å². The molecule has 24 heavy (non-hydrogen) atoms. The molecule has 0 aliphatic heterocycles. The van der Waals surface area contributed by atoms with Crippen molar-refractivity contribution in [3.8, 4) is 0 Å². The van der Waals surface area contributed by atoms with E-state index in [1.54, 1.807) is 6.08 Å². The Kier molecular flexibility index (Phi) is 3.82. The molecule has 3 saturated carbocycles. The van der Waals surface area contributed by atoms with E-state index >= 15 is 0 Å². The third kappa shape index (κ3) is 1.96. The first-order valence-corrected chi connectivity index (χ1v) is 9.97. The lowest BCUT2D eigenvalue weighted by atomic mass is 9.46. The number of fused-ring (bicyclic) bond motifs is 5. The van der Waals surface area contributed by atoms with Crippen molar-refractivity contribution in [2.45, 2.75) is 63.9 Å². The number of halogens is 1. The number of allylic oxidation sites excluding steroid dienone is 1. The number of ketones is 1. The van der Waals surface area contributed by atoms with Crippen LogP contribution in [0, 0.1) is 34.5 Å². The van der Waals surface area contributed by atoms with Crippen molar-refractivity contribution in [2.24, 2.45) is 34.5 Å². The van der Waals surface area contributed by atoms with E-state index < -0.39 is 11.5 Å². The Bertz CT molecular complexity index is 611. The van der Waals surface area contributed by atoms with E-state index in [0.29, 0.717) is 23.2 Å². The summed E-state index contributed by atoms with van der Waals surface area (Å²) in [5.41, 5.74) is 1.20. The Morgan fingerprint density at radius 2 is 2.00 bits per heavy atom. The number of aliphatic hydroxyl groups excluding tert-OH is 1. The number of rotatable bonds is 1. The monoisotopic (exact) mass is 348 g/mol. The zero-order chi connectivity index (χ0) is 17.3. The molecule has 8 atom stereocenters. The minimum absolute atomic E-state index is 0.108. The lowest BCUT2D eigenvalue weighted by Gasteiger charge is -2.59. The van der Waals surface area contributed by atoms with Crippen LogP contribution in [0.4, 0.5) is 0 Å². The fourth-order valence-corrected chi connectivity index (χ4v) is 7.36. The molecule has 0 bridgehead atoms. The molecule has 0 radical (unpaired) electrons. The Morgan fingerprint density at radius 1 is 1.25 bits per heavy atom. The van der Waals surface area contributed by atoms with E-state index in [4.69, 9.17) is 11.6 Å². The van der Waals surface area contributed by atoms with Crippen molar-refractivity contribution >= 4 is 17.4 Å². The Hall–Kier alpha value is -0.600. The lowest BCUT2D eigenvalue weighted by molar-refractivity contribution is -0.126. The summed E-state index contributed by atoms with van der Waals surface area (Å²) < 4.78 is 0. The second kappa shape index (κ2) is 5.45. The van der Waals surface area contributed by atoms with Gasteiger partial charge in [-0.3, -0.25) is 4.79 Å². The number of hydrogen-bond acceptors (Lipinski definition) is 2. The lowest BCUT2D eigenvalue weighted by Crippen LogP contribution is -2.58. The smallest absolute Gasteiger partial charge is 0.176 e. The van der Waals surface area contributed by atoms with Gasteiger partial charge in [0.25, 0.3) is 0 Å². The highest BCUT2D eigenvalue weighted by Gasteiger charge is 2.61. The van der Waals surface area contributed by atoms with Crippen LogP contribution in [0.1, 0.15) is 52.4 Å². The van der Waals surface area contributed by atoms with Gasteiger partial charge in [0.05, 0.1) is 6.10 Å². The fourth-order valence-electron chi connectivity index (χ4n) is 7.04. The van der Waals surface area contributed by atoms with Gasteiger partial charge in [0.1, 0.15) is 5.38 Å². The van der Waals surface area contributed by atoms with Crippen molar-refractivity contribution in [2.75, 3.05) is 0 Å². The van der Waals surface area contributed by atoms with Gasteiger partial charge >= 0.3 is 0 Å². The van der Waals surface area contributed by atoms with E-state index in [9.17, 15) is 9.90 Å². The first-order valence-electron chi connectivity index (χ1n) is 9.53. The maximum Gasteiger partial charge on any atom is 0.176 e. The molecule has 1 N–H and O–H groups in total. The van der Waals surface area contributed by atoms with Gasteiger partial charge in [-0.1, -0.05) is 25.5 Å². The van der Waals surface area contributed by atoms with Gasteiger partial charge in [0.15, 0.2) is 5.78 Å². The van der Waals surface area contributed by atoms with Gasteiger partial charge in [0, 0.05) is 5.41 Å². The number of carbonyl (C=O) groups excluding carboxylic acids is 1. The third-order valence-corrected chi connectivity index (χ3v) is 8.94. The van der Waals surface area contributed by atoms with Gasteiger partial charge in [-0.2, -0.15) is 0 Å². The van der Waals surface area contributed by atoms with Crippen molar-refractivity contribution in [3.05, 3.63) is 24.3 Å². The van der Waals surface area contributed by atoms with Crippen LogP contribution in [0.3, 0.4) is 0 Å². The Labute approximate surface area is 150 Å². The van der Waals surface area contributed by atoms with Crippen LogP contribution in [0.15, 0.2) is 24.3 Å². The summed E-state index contributed by atoms with van der Waals surface area (Å²) >= 11 is 6.29. The second-order valence-corrected chi connectivity index (χ2v) is 9.55. The summed E-state index contributed by atoms with van der Waals surface area (Å²) in [7, 11) is 0. The largest absolute Gasteiger partial charge is 0.390 e. The zero-order valence-electron chi connectivity index (χ0n) is 14.8. The van der Waals surface area contributed by atoms with E-state index in [-0.39, 0.29) is 11.2 Å². The van der Waals surface area contributed by atoms with Gasteiger partial charge in [-0.25, -0.2) is 0 Å². The maximum absolute atomic E-state index is 12.1. The molecule has 4 unspecified atom stereocenters. The number of hydrogen-bond donors (Lipinski definition) is 1. The standard InChI is InChI=1S/C21H29ClO2/c1-4-12-6-8-15-14-7-5-13-11-17(23)18(22)19(24)21(13,3)16(14)9-10-20(12,15)2/h4,11-12,14-16,18-19,24H,1,5-10H2,2-3H3/t12-,14?,15?,16?,18?,19+,20+,21-/m0/s1. The van der Waals surface area contributed by atoms with Crippen LogP contribution < -0.4 is 0 Å². The van der Waals surface area contributed by atoms with E-state index in [1.165, 1.54) is 19.3 Å². The summed E-state index contributed by atoms with van der Waals surface area (Å²) in [5, 5.41) is 10.2. The molecule has 3 heteroatoms. The highest BCUT2D eigenvalue weighted by atomic mass is 35.5. The molecule has 2 nitrogen and oxygen atoms in total. The van der Waals surface area contributed by atoms with Gasteiger partial charge in [0.2, 0.25) is 0 Å². The van der Waals surface area contributed by atoms with E-state index in [1.807, 2.05) is 0 Å². The normalized spacial score (nSPS) is 53.7. The van der Waals surface area contributed by atoms with Crippen LogP contribution in [-0.4, -0.2) is 22.4 Å². The number of alkyl halides is 1. The van der Waals surface area contributed by atoms with Gasteiger partial charge in [-0.15, -0.1) is 18.2 Å². The molecule has 4 rings (SSSR count). The molecular weight excluding hydrogens is 320 g/mol. The van der Waals surface area contributed by atoms with Crippen molar-refractivity contribution in [1.82, 2.24) is 0 Å². The molecular formula is C21H29ClO2. The summed E-state index contributed by atoms with van der Waals surface area (Å²) in [4.78, 5) is 12.1. The molecule has 0 aromatic rings. The molecule has 0 saturated heterocycles. The molecule has 0 heterocycles. The van der Waals surface area contributed by atoms with Crippen molar-refractivity contribution < 1.29 is 9.90 Å². The SMILES string of the molecule is C=C[C@H]1CCC2C3CCC4=CC(=O)C(Cl)[C@@H](O)[C@]4(C)C3CC[C@@]21C. The molecule has 4 aliphatic rings. The predicted molar refractivity (Wildman–Crippen MR) is 96.8 cm³/mol. The summed E-state index contributed by atoms with van der Waals surface area (Å²) in [5.74, 6) is 2.33. The average molecular weight is 349 g/mol. The first-order chi connectivity index (χ1) is 11.3. The van der Waals surface area contributed by atoms with Gasteiger partial charge < -0.3 is 5.11 Å². The first kappa shape index (κ1) is 16.8. The third-order valence-electron chi connectivity index (χ3n) is 8.48. The van der Waals surface area contributed by atoms with E-state index in [0.717, 1.165) is 30.8 Å². The fraction of sp³-hybridized carbons (Fsp3) is 0.762. The Morgan fingerprint density at radius 3 is 2.71 bits per heavy atom. The summed E-state index contributed by atoms with van der Waals surface area (Å²) in [6.45, 7) is 8.72. The highest BCUT2D eigenvalue weighted by Crippen LogP contribution is 2.66. The molecule has 4 aliphatic carbocycles. The predicted octanol–water partition coefficient (Wildman–Crippen LogP) is 4.51. The second-order valence-electron chi connectivity index (χ2n) is 9.08. The number of aliphatic hydroxyl groups is 1. The van der Waals surface area contributed by atoms with E-state index in [2.05, 4.69) is 26.5 Å². The quantitative estimate of drug-likeness (QED) is 0.559. The summed E-state index contributed by atoms with van der Waals surface area (Å²) in [6.07, 6.45) is 10.2. The molecule has 0 aromatic carbocycles. The topological polar surface area (TPSA) is 37.3 Å². The van der Waals surface area contributed by atoms with Crippen LogP contribution in [0.2, 0.25) is 0 Å². The summed E-state index contributed by atoms with van der Waals surface area (Å²) in [6, 6.07) is 0. The average Bonchev–Trinajstić information content (AvgIpc) is 2.91. The van der Waals surface area contributed by atoms with Crippen LogP contribution in [0.25, 0.3) is 0 Å². The number of carbonyl (C=O) groups is 1. The van der Waals surface area contributed by atoms with Crippen molar-refractivity contribution in [3.63, 3.8) is 0 Å². The molecule has 3 fully saturated rings. The minimum atomic E-state index is -0.782. The molecule has 0 aromatic heterocycles.